The lowest BCUT2D eigenvalue weighted by Crippen LogP contribution is -2.55. The Labute approximate surface area is 214 Å². The average Bonchev–Trinajstić information content (AvgIpc) is 3.35. The maximum atomic E-state index is 12.8. The molecule has 0 bridgehead atoms. The molecule has 35 heavy (non-hydrogen) atoms. The van der Waals surface area contributed by atoms with Gasteiger partial charge in [-0.2, -0.15) is 0 Å². The number of anilines is 1. The van der Waals surface area contributed by atoms with Crippen LogP contribution in [0.5, 0.6) is 5.06 Å². The summed E-state index contributed by atoms with van der Waals surface area (Å²) in [5, 5.41) is 15.3. The van der Waals surface area contributed by atoms with Crippen molar-refractivity contribution in [3.8, 4) is 5.06 Å². The highest BCUT2D eigenvalue weighted by Gasteiger charge is 2.34. The molecule has 3 rings (SSSR count). The zero-order chi connectivity index (χ0) is 25.7. The van der Waals surface area contributed by atoms with Gasteiger partial charge in [0.25, 0.3) is 11.8 Å². The fourth-order valence-electron chi connectivity index (χ4n) is 3.54. The third-order valence-electron chi connectivity index (χ3n) is 5.30. The number of rotatable bonds is 9. The molecule has 3 heterocycles. The number of nitrogens with one attached hydrogen (secondary N) is 3. The molecule has 1 fully saturated rings. The summed E-state index contributed by atoms with van der Waals surface area (Å²) in [6, 6.07) is -0.339. The second kappa shape index (κ2) is 11.9. The molecular formula is C20H25Cl2N5O7S. The van der Waals surface area contributed by atoms with Crippen LogP contribution < -0.4 is 20.3 Å². The van der Waals surface area contributed by atoms with E-state index in [0.717, 1.165) is 11.3 Å². The number of hydrogen-bond acceptors (Lipinski definition) is 9. The summed E-state index contributed by atoms with van der Waals surface area (Å²) in [6.45, 7) is 3.00. The van der Waals surface area contributed by atoms with Crippen LogP contribution in [0.2, 0.25) is 10.0 Å². The van der Waals surface area contributed by atoms with E-state index in [-0.39, 0.29) is 40.7 Å². The van der Waals surface area contributed by atoms with E-state index < -0.39 is 24.1 Å². The topological polar surface area (TPSA) is 155 Å². The predicted molar refractivity (Wildman–Crippen MR) is 129 cm³/mol. The first-order valence-electron chi connectivity index (χ1n) is 10.5. The number of nitrogens with zero attached hydrogens (tertiary/aromatic N) is 2. The molecule has 1 aliphatic rings. The van der Waals surface area contributed by atoms with E-state index in [1.807, 2.05) is 4.90 Å². The Morgan fingerprint density at radius 1 is 1.26 bits per heavy atom. The zero-order valence-electron chi connectivity index (χ0n) is 19.1. The van der Waals surface area contributed by atoms with E-state index in [2.05, 4.69) is 20.6 Å². The van der Waals surface area contributed by atoms with Crippen LogP contribution in [0.25, 0.3) is 0 Å². The molecule has 0 aromatic carbocycles. The molecule has 0 saturated carbocycles. The number of methoxy groups -OCH3 is 2. The fraction of sp³-hybridized carbons (Fsp3) is 0.500. The molecule has 2 amide bonds. The van der Waals surface area contributed by atoms with Crippen molar-refractivity contribution in [3.05, 3.63) is 27.1 Å². The van der Waals surface area contributed by atoms with Crippen LogP contribution in [0, 0.1) is 6.92 Å². The Bertz CT molecular complexity index is 1090. The molecule has 0 spiro atoms. The number of aromatic amines is 1. The van der Waals surface area contributed by atoms with Crippen molar-refractivity contribution in [2.45, 2.75) is 25.5 Å². The molecule has 2 aromatic heterocycles. The molecule has 4 N–H and O–H groups in total. The van der Waals surface area contributed by atoms with Gasteiger partial charge >= 0.3 is 6.16 Å². The number of H-pyrrole nitrogens is 1. The fourth-order valence-corrected chi connectivity index (χ4v) is 4.90. The van der Waals surface area contributed by atoms with Gasteiger partial charge in [-0.3, -0.25) is 9.59 Å². The highest BCUT2D eigenvalue weighted by Crippen LogP contribution is 2.35. The summed E-state index contributed by atoms with van der Waals surface area (Å²) in [5.74, 6) is -0.991. The second-order valence-corrected chi connectivity index (χ2v) is 9.29. The number of aromatic nitrogens is 2. The number of carbonyl (C=O) groups is 3. The molecular weight excluding hydrogens is 525 g/mol. The summed E-state index contributed by atoms with van der Waals surface area (Å²) in [5.41, 5.74) is 0.623. The minimum absolute atomic E-state index is 0.137. The summed E-state index contributed by atoms with van der Waals surface area (Å²) in [6.07, 6.45) is -1.50. The highest BCUT2D eigenvalue weighted by molar-refractivity contribution is 7.17. The Hall–Kier alpha value is -2.58. The molecule has 12 nitrogen and oxygen atoms in total. The van der Waals surface area contributed by atoms with E-state index in [1.54, 1.807) is 6.92 Å². The van der Waals surface area contributed by atoms with E-state index in [9.17, 15) is 14.4 Å². The maximum Gasteiger partial charge on any atom is 0.512 e. The van der Waals surface area contributed by atoms with E-state index in [4.69, 9.17) is 42.5 Å². The molecule has 1 aliphatic heterocycles. The quantitative estimate of drug-likeness (QED) is 0.272. The smallest absolute Gasteiger partial charge is 0.449 e. The Morgan fingerprint density at radius 3 is 2.60 bits per heavy atom. The number of carboxylic acid groups (broad SMARTS) is 1. The molecule has 15 heteroatoms. The number of ether oxygens (including phenoxy) is 3. The van der Waals surface area contributed by atoms with Crippen LogP contribution in [0.15, 0.2) is 0 Å². The largest absolute Gasteiger partial charge is 0.512 e. The zero-order valence-corrected chi connectivity index (χ0v) is 21.5. The number of aryl methyl sites for hydroxylation is 1. The van der Waals surface area contributed by atoms with Gasteiger partial charge in [0.05, 0.1) is 28.8 Å². The average molecular weight is 550 g/mol. The van der Waals surface area contributed by atoms with E-state index >= 15 is 0 Å². The highest BCUT2D eigenvalue weighted by atomic mass is 35.5. The van der Waals surface area contributed by atoms with Crippen LogP contribution in [0.1, 0.15) is 33.1 Å². The maximum absolute atomic E-state index is 12.8. The first kappa shape index (κ1) is 27.0. The predicted octanol–water partition coefficient (Wildman–Crippen LogP) is 2.54. The molecule has 0 radical (unpaired) electrons. The number of halogens is 2. The normalized spacial score (nSPS) is 17.8. The Kier molecular flexibility index (Phi) is 9.19. The summed E-state index contributed by atoms with van der Waals surface area (Å²) >= 11 is 13.2. The SMILES string of the molecule is COCCNC(=O)c1nc(N2CC[C@@H](NC(=O)c3[nH]c(C)c(Cl)c3Cl)[C@@H](OC)C2)sc1OC(=O)O. The molecule has 0 unspecified atom stereocenters. The standard InChI is InChI=1S/C20H25Cl2N5O7S/c1-9-12(21)13(22)14(24-9)17(29)25-10-4-6-27(8-11(10)33-3)19-26-15(16(28)23-5-7-32-2)18(35-19)34-20(30)31/h10-11,24H,4-8H2,1-3H3,(H,23,28)(H,25,29)(H,30,31)/t10-,11+/m1/s1. The third kappa shape index (κ3) is 6.35. The van der Waals surface area contributed by atoms with Crippen molar-refractivity contribution in [2.75, 3.05) is 45.4 Å². The van der Waals surface area contributed by atoms with Crippen molar-refractivity contribution in [3.63, 3.8) is 0 Å². The number of hydrogen-bond donors (Lipinski definition) is 4. The van der Waals surface area contributed by atoms with Crippen LogP contribution in [0.3, 0.4) is 0 Å². The first-order chi connectivity index (χ1) is 16.7. The number of carbonyl (C=O) groups excluding carboxylic acids is 2. The Morgan fingerprint density at radius 2 is 2.00 bits per heavy atom. The van der Waals surface area contributed by atoms with Crippen LogP contribution in [0.4, 0.5) is 9.93 Å². The Balaban J connectivity index is 1.73. The van der Waals surface area contributed by atoms with E-state index in [1.165, 1.54) is 14.2 Å². The lowest BCUT2D eigenvalue weighted by molar-refractivity contribution is 0.0540. The van der Waals surface area contributed by atoms with Gasteiger partial charge in [0.1, 0.15) is 5.69 Å². The van der Waals surface area contributed by atoms with Gasteiger partial charge in [-0.1, -0.05) is 34.5 Å². The van der Waals surface area contributed by atoms with Gasteiger partial charge in [-0.05, 0) is 13.3 Å². The van der Waals surface area contributed by atoms with Crippen LogP contribution in [-0.2, 0) is 9.47 Å². The van der Waals surface area contributed by atoms with Gasteiger partial charge in [0.15, 0.2) is 10.8 Å². The van der Waals surface area contributed by atoms with E-state index in [0.29, 0.717) is 35.4 Å². The number of piperidine rings is 1. The van der Waals surface area contributed by atoms with Gasteiger partial charge < -0.3 is 39.8 Å². The van der Waals surface area contributed by atoms with Crippen molar-refractivity contribution in [2.24, 2.45) is 0 Å². The monoisotopic (exact) mass is 549 g/mol. The molecule has 0 aliphatic carbocycles. The minimum Gasteiger partial charge on any atom is -0.449 e. The van der Waals surface area contributed by atoms with Gasteiger partial charge in [-0.15, -0.1) is 0 Å². The lowest BCUT2D eigenvalue weighted by Gasteiger charge is -2.37. The van der Waals surface area contributed by atoms with Crippen molar-refractivity contribution in [1.29, 1.82) is 0 Å². The van der Waals surface area contributed by atoms with Crippen LogP contribution >= 0.6 is 34.5 Å². The van der Waals surface area contributed by atoms with Crippen molar-refractivity contribution < 1.29 is 33.7 Å². The summed E-state index contributed by atoms with van der Waals surface area (Å²) in [4.78, 5) is 45.4. The van der Waals surface area contributed by atoms with Crippen LogP contribution in [-0.4, -0.2) is 85.7 Å². The summed E-state index contributed by atoms with van der Waals surface area (Å²) < 4.78 is 15.3. The molecule has 192 valence electrons. The van der Waals surface area contributed by atoms with Crippen molar-refractivity contribution >= 4 is 57.6 Å². The number of amides is 2. The van der Waals surface area contributed by atoms with Gasteiger partial charge in [0, 0.05) is 39.5 Å². The minimum atomic E-state index is -1.55. The van der Waals surface area contributed by atoms with Gasteiger partial charge in [-0.25, -0.2) is 9.78 Å². The first-order valence-corrected chi connectivity index (χ1v) is 12.0. The number of thiazole rings is 1. The molecule has 2 aromatic rings. The molecule has 1 saturated heterocycles. The van der Waals surface area contributed by atoms with Crippen molar-refractivity contribution in [1.82, 2.24) is 20.6 Å². The van der Waals surface area contributed by atoms with Gasteiger partial charge in [0.2, 0.25) is 5.06 Å². The second-order valence-electron chi connectivity index (χ2n) is 7.59. The third-order valence-corrected chi connectivity index (χ3v) is 7.24. The summed E-state index contributed by atoms with van der Waals surface area (Å²) in [7, 11) is 3.01. The molecule has 2 atom stereocenters. The lowest BCUT2D eigenvalue weighted by atomic mass is 10.0.